The van der Waals surface area contributed by atoms with Gasteiger partial charge in [-0.3, -0.25) is 4.79 Å². The van der Waals surface area contributed by atoms with Gasteiger partial charge in [0.25, 0.3) is 0 Å². The molecule has 2 unspecified atom stereocenters. The molecule has 29 heavy (non-hydrogen) atoms. The molecule has 0 bridgehead atoms. The van der Waals surface area contributed by atoms with Gasteiger partial charge in [-0.15, -0.1) is 0 Å². The maximum Gasteiger partial charge on any atom is 0.133 e. The smallest absolute Gasteiger partial charge is 0.133 e. The highest BCUT2D eigenvalue weighted by molar-refractivity contribution is 5.78. The normalized spacial score (nSPS) is 22.7. The summed E-state index contributed by atoms with van der Waals surface area (Å²) in [5, 5.41) is 0. The molecule has 0 N–H and O–H groups in total. The summed E-state index contributed by atoms with van der Waals surface area (Å²) in [4.78, 5) is 12.7. The van der Waals surface area contributed by atoms with E-state index in [1.807, 2.05) is 0 Å². The van der Waals surface area contributed by atoms with Gasteiger partial charge in [-0.05, 0) is 48.6 Å². The van der Waals surface area contributed by atoms with E-state index in [0.717, 1.165) is 32.1 Å². The second kappa shape index (κ2) is 12.6. The highest BCUT2D eigenvalue weighted by Gasteiger charge is 2.20. The predicted octanol–water partition coefficient (Wildman–Crippen LogP) is 7.58. The molecule has 0 saturated heterocycles. The summed E-state index contributed by atoms with van der Waals surface area (Å²) < 4.78 is 0. The van der Waals surface area contributed by atoms with Crippen LogP contribution in [0.15, 0.2) is 60.7 Å². The lowest BCUT2D eigenvalue weighted by Crippen LogP contribution is -2.18. The molecule has 0 aromatic heterocycles. The number of Topliss-reactive ketones (excluding diaryl/α,β-unsaturated/α-hetero) is 1. The Morgan fingerprint density at radius 1 is 0.621 bits per heavy atom. The number of hydrogen-bond acceptors (Lipinski definition) is 1. The van der Waals surface area contributed by atoms with Gasteiger partial charge in [0.15, 0.2) is 0 Å². The molecule has 0 heterocycles. The van der Waals surface area contributed by atoms with Crippen molar-refractivity contribution in [2.45, 2.75) is 83.5 Å². The van der Waals surface area contributed by atoms with E-state index >= 15 is 0 Å². The monoisotopic (exact) mass is 390 g/mol. The second-order valence-electron chi connectivity index (χ2n) is 9.10. The molecule has 1 saturated carbocycles. The van der Waals surface area contributed by atoms with Gasteiger partial charge in [-0.25, -0.2) is 0 Å². The van der Waals surface area contributed by atoms with Crippen LogP contribution in [-0.4, -0.2) is 5.78 Å². The third kappa shape index (κ3) is 8.56. The molecule has 2 atom stereocenters. The van der Waals surface area contributed by atoms with Gasteiger partial charge in [0.1, 0.15) is 5.78 Å². The Bertz CT molecular complexity index is 691. The van der Waals surface area contributed by atoms with Gasteiger partial charge in [0.05, 0.1) is 0 Å². The summed E-state index contributed by atoms with van der Waals surface area (Å²) in [5.74, 6) is 1.64. The van der Waals surface area contributed by atoms with Crippen LogP contribution < -0.4 is 0 Å². The molecule has 0 aliphatic heterocycles. The maximum absolute atomic E-state index is 12.7. The number of carbonyl (C=O) groups excluding carboxylic acids is 1. The van der Waals surface area contributed by atoms with Crippen molar-refractivity contribution >= 4 is 5.78 Å². The molecule has 1 aliphatic carbocycles. The lowest BCUT2D eigenvalue weighted by Gasteiger charge is -2.24. The summed E-state index contributed by atoms with van der Waals surface area (Å²) in [7, 11) is 0. The molecule has 0 spiro atoms. The summed E-state index contributed by atoms with van der Waals surface area (Å²) >= 11 is 0. The van der Waals surface area contributed by atoms with Crippen molar-refractivity contribution < 1.29 is 4.79 Å². The molecular weight excluding hydrogens is 352 g/mol. The Hall–Kier alpha value is -1.89. The number of hydrogen-bond donors (Lipinski definition) is 0. The van der Waals surface area contributed by atoms with Crippen molar-refractivity contribution in [1.29, 1.82) is 0 Å². The van der Waals surface area contributed by atoms with Crippen molar-refractivity contribution in [1.82, 2.24) is 0 Å². The first-order valence-corrected chi connectivity index (χ1v) is 11.9. The SMILES string of the molecule is O=C1CCCCCCCCCC(Cc2ccccc2)CC(Cc2ccccc2)C1. The molecule has 156 valence electrons. The van der Waals surface area contributed by atoms with Crippen LogP contribution in [0.1, 0.15) is 81.8 Å². The van der Waals surface area contributed by atoms with E-state index in [1.165, 1.54) is 62.5 Å². The minimum atomic E-state index is 0.474. The molecular formula is C28H38O. The summed E-state index contributed by atoms with van der Waals surface area (Å²) in [6.45, 7) is 0. The van der Waals surface area contributed by atoms with E-state index in [1.54, 1.807) is 0 Å². The van der Waals surface area contributed by atoms with E-state index in [0.29, 0.717) is 17.6 Å². The minimum absolute atomic E-state index is 0.474. The predicted molar refractivity (Wildman–Crippen MR) is 123 cm³/mol. The van der Waals surface area contributed by atoms with Crippen molar-refractivity contribution in [3.8, 4) is 0 Å². The van der Waals surface area contributed by atoms with E-state index in [9.17, 15) is 4.79 Å². The standard InChI is InChI=1S/C28H38O/c29-28-19-13-5-3-1-2-4-8-18-26(20-24-14-9-6-10-15-24)22-27(23-28)21-25-16-11-7-12-17-25/h6-7,9-12,14-17,26-27H,1-5,8,13,18-23H2. The van der Waals surface area contributed by atoms with Crippen LogP contribution in [-0.2, 0) is 17.6 Å². The van der Waals surface area contributed by atoms with Crippen LogP contribution in [0.2, 0.25) is 0 Å². The highest BCUT2D eigenvalue weighted by atomic mass is 16.1. The van der Waals surface area contributed by atoms with Gasteiger partial charge >= 0.3 is 0 Å². The first-order valence-electron chi connectivity index (χ1n) is 11.9. The van der Waals surface area contributed by atoms with Crippen LogP contribution in [0.3, 0.4) is 0 Å². The zero-order valence-corrected chi connectivity index (χ0v) is 18.0. The third-order valence-electron chi connectivity index (χ3n) is 6.49. The van der Waals surface area contributed by atoms with E-state index in [-0.39, 0.29) is 0 Å². The summed E-state index contributed by atoms with van der Waals surface area (Å²) in [6.07, 6.45) is 15.2. The Labute approximate surface area is 177 Å². The largest absolute Gasteiger partial charge is 0.300 e. The Morgan fingerprint density at radius 3 is 1.76 bits per heavy atom. The van der Waals surface area contributed by atoms with Gasteiger partial charge in [0, 0.05) is 12.8 Å². The summed E-state index contributed by atoms with van der Waals surface area (Å²) in [6, 6.07) is 21.7. The first kappa shape index (κ1) is 21.8. The van der Waals surface area contributed by atoms with Crippen molar-refractivity contribution in [2.24, 2.45) is 11.8 Å². The lowest BCUT2D eigenvalue weighted by molar-refractivity contribution is -0.120. The summed E-state index contributed by atoms with van der Waals surface area (Å²) in [5.41, 5.74) is 2.83. The average molecular weight is 391 g/mol. The van der Waals surface area contributed by atoms with Crippen LogP contribution in [0.4, 0.5) is 0 Å². The molecule has 0 amide bonds. The van der Waals surface area contributed by atoms with Gasteiger partial charge in [0.2, 0.25) is 0 Å². The fourth-order valence-electron chi connectivity index (χ4n) is 4.97. The van der Waals surface area contributed by atoms with Crippen LogP contribution in [0.5, 0.6) is 0 Å². The fourth-order valence-corrected chi connectivity index (χ4v) is 4.97. The van der Waals surface area contributed by atoms with E-state index in [4.69, 9.17) is 0 Å². The fraction of sp³-hybridized carbons (Fsp3) is 0.536. The van der Waals surface area contributed by atoms with Gasteiger partial charge < -0.3 is 0 Å². The maximum atomic E-state index is 12.7. The van der Waals surface area contributed by atoms with Crippen LogP contribution in [0, 0.1) is 11.8 Å². The Balaban J connectivity index is 1.71. The zero-order chi connectivity index (χ0) is 20.2. The molecule has 1 nitrogen and oxygen atoms in total. The molecule has 0 radical (unpaired) electrons. The second-order valence-corrected chi connectivity index (χ2v) is 9.10. The Kier molecular flexibility index (Phi) is 9.50. The third-order valence-corrected chi connectivity index (χ3v) is 6.49. The number of carbonyl (C=O) groups is 1. The topological polar surface area (TPSA) is 17.1 Å². The van der Waals surface area contributed by atoms with E-state index in [2.05, 4.69) is 60.7 Å². The molecule has 2 aromatic carbocycles. The van der Waals surface area contributed by atoms with Crippen LogP contribution >= 0.6 is 0 Å². The van der Waals surface area contributed by atoms with Crippen molar-refractivity contribution in [3.63, 3.8) is 0 Å². The number of ketones is 1. The molecule has 3 rings (SSSR count). The van der Waals surface area contributed by atoms with Crippen molar-refractivity contribution in [2.75, 3.05) is 0 Å². The van der Waals surface area contributed by atoms with Crippen LogP contribution in [0.25, 0.3) is 0 Å². The first-order chi connectivity index (χ1) is 14.3. The molecule has 1 fully saturated rings. The highest BCUT2D eigenvalue weighted by Crippen LogP contribution is 2.29. The quantitative estimate of drug-likeness (QED) is 0.526. The van der Waals surface area contributed by atoms with Gasteiger partial charge in [-0.1, -0.05) is 106 Å². The minimum Gasteiger partial charge on any atom is -0.300 e. The van der Waals surface area contributed by atoms with E-state index < -0.39 is 0 Å². The van der Waals surface area contributed by atoms with Crippen molar-refractivity contribution in [3.05, 3.63) is 71.8 Å². The molecule has 2 aromatic rings. The molecule has 1 heteroatoms. The Morgan fingerprint density at radius 2 is 1.14 bits per heavy atom. The number of benzene rings is 2. The lowest BCUT2D eigenvalue weighted by atomic mass is 9.80. The van der Waals surface area contributed by atoms with Gasteiger partial charge in [-0.2, -0.15) is 0 Å². The number of rotatable bonds is 4. The zero-order valence-electron chi connectivity index (χ0n) is 18.0. The molecule has 1 aliphatic rings. The average Bonchev–Trinajstić information content (AvgIpc) is 2.73.